The van der Waals surface area contributed by atoms with E-state index in [9.17, 15) is 13.2 Å². The molecule has 0 saturated carbocycles. The molecular formula is C2H4BrFNO2S-. The van der Waals surface area contributed by atoms with Gasteiger partial charge in [-0.2, -0.15) is 0 Å². The average Bonchev–Trinajstić information content (AvgIpc) is 1.67. The van der Waals surface area contributed by atoms with Gasteiger partial charge in [0.15, 0.2) is 0 Å². The number of alkyl halides is 2. The molecule has 0 saturated heterocycles. The van der Waals surface area contributed by atoms with Crippen molar-refractivity contribution in [3.05, 3.63) is 0 Å². The van der Waals surface area contributed by atoms with Crippen molar-refractivity contribution in [2.45, 2.75) is 5.63 Å². The fourth-order valence-corrected chi connectivity index (χ4v) is 0.847. The first kappa shape index (κ1) is 8.48. The Hall–Kier alpha value is 0.480. The van der Waals surface area contributed by atoms with Crippen molar-refractivity contribution in [3.8, 4) is 0 Å². The van der Waals surface area contributed by atoms with Crippen LogP contribution in [-0.2, 0) is 11.1 Å². The zero-order chi connectivity index (χ0) is 6.57. The minimum Gasteiger partial charge on any atom is -0.769 e. The van der Waals surface area contributed by atoms with Crippen LogP contribution in [0, 0.1) is 0 Å². The molecule has 0 aromatic carbocycles. The van der Waals surface area contributed by atoms with E-state index < -0.39 is 16.7 Å². The van der Waals surface area contributed by atoms with E-state index in [2.05, 4.69) is 15.9 Å². The minimum absolute atomic E-state index is 0.127. The first-order valence-electron chi connectivity index (χ1n) is 1.70. The second-order valence-electron chi connectivity index (χ2n) is 0.914. The maximum absolute atomic E-state index is 11.8. The molecule has 3 nitrogen and oxygen atoms in total. The molecule has 50 valence electrons. The Labute approximate surface area is 57.1 Å². The number of halogens is 2. The molecule has 0 rings (SSSR count). The molecule has 8 heavy (non-hydrogen) atoms. The molecule has 0 aliphatic heterocycles. The summed E-state index contributed by atoms with van der Waals surface area (Å²) >= 11 is 0.126. The van der Waals surface area contributed by atoms with Gasteiger partial charge in [0.2, 0.25) is 5.63 Å². The van der Waals surface area contributed by atoms with Gasteiger partial charge in [0.1, 0.15) is 0 Å². The van der Waals surface area contributed by atoms with Gasteiger partial charge in [0.25, 0.3) is 0 Å². The van der Waals surface area contributed by atoms with Gasteiger partial charge in [-0.3, -0.25) is 9.53 Å². The quantitative estimate of drug-likeness (QED) is 0.402. The normalized spacial score (nSPS) is 17.9. The Bertz CT molecular complexity index is 92.1. The summed E-state index contributed by atoms with van der Waals surface area (Å²) in [6.45, 7) is 0. The monoisotopic (exact) mass is 204 g/mol. The summed E-state index contributed by atoms with van der Waals surface area (Å²) in [6, 6.07) is 0. The summed E-state index contributed by atoms with van der Waals surface area (Å²) in [5.74, 6) is 0. The lowest BCUT2D eigenvalue weighted by atomic mass is 11.2. The van der Waals surface area contributed by atoms with Gasteiger partial charge in [-0.1, -0.05) is 15.9 Å². The van der Waals surface area contributed by atoms with Crippen LogP contribution in [0.1, 0.15) is 0 Å². The van der Waals surface area contributed by atoms with Gasteiger partial charge in [0, 0.05) is 0 Å². The summed E-state index contributed by atoms with van der Waals surface area (Å²) in [6.07, 6.45) is 0. The smallest absolute Gasteiger partial charge is 0.214 e. The van der Waals surface area contributed by atoms with E-state index in [0.29, 0.717) is 0 Å². The standard InChI is InChI=1S/C2H5BrFNO2S/c3-1-5-2(4)8(6)7/h2,5H,1H2,(H,6,7)/p-1. The molecule has 0 radical (unpaired) electrons. The summed E-state index contributed by atoms with van der Waals surface area (Å²) in [5.41, 5.74) is -1.84. The second kappa shape index (κ2) is 4.37. The van der Waals surface area contributed by atoms with Gasteiger partial charge in [-0.05, 0) is 11.1 Å². The fraction of sp³-hybridized carbons (Fsp3) is 1.00. The van der Waals surface area contributed by atoms with Crippen LogP contribution in [-0.4, -0.2) is 19.8 Å². The molecule has 1 N–H and O–H groups in total. The molecule has 0 aliphatic rings. The first-order chi connectivity index (χ1) is 3.68. The van der Waals surface area contributed by atoms with Crippen LogP contribution < -0.4 is 5.32 Å². The molecule has 2 unspecified atom stereocenters. The Morgan fingerprint density at radius 2 is 2.50 bits per heavy atom. The van der Waals surface area contributed by atoms with E-state index in [1.165, 1.54) is 0 Å². The minimum atomic E-state index is -2.67. The van der Waals surface area contributed by atoms with Crippen LogP contribution in [0.15, 0.2) is 0 Å². The van der Waals surface area contributed by atoms with E-state index in [1.54, 1.807) is 0 Å². The summed E-state index contributed by atoms with van der Waals surface area (Å²) in [7, 11) is 0. The summed E-state index contributed by atoms with van der Waals surface area (Å²) in [5, 5.41) is 1.98. The third-order valence-corrected chi connectivity index (χ3v) is 1.23. The van der Waals surface area contributed by atoms with Crippen LogP contribution in [0.3, 0.4) is 0 Å². The van der Waals surface area contributed by atoms with Crippen molar-refractivity contribution >= 4 is 27.0 Å². The van der Waals surface area contributed by atoms with E-state index in [4.69, 9.17) is 0 Å². The predicted molar refractivity (Wildman–Crippen MR) is 30.7 cm³/mol. The van der Waals surface area contributed by atoms with E-state index in [1.807, 2.05) is 5.32 Å². The molecule has 0 fully saturated rings. The molecule has 0 aromatic heterocycles. The van der Waals surface area contributed by atoms with E-state index in [-0.39, 0.29) is 5.45 Å². The highest BCUT2D eigenvalue weighted by molar-refractivity contribution is 9.09. The third-order valence-electron chi connectivity index (χ3n) is 0.407. The van der Waals surface area contributed by atoms with Gasteiger partial charge >= 0.3 is 0 Å². The maximum Gasteiger partial charge on any atom is 0.214 e. The number of nitrogens with one attached hydrogen (secondary N) is 1. The van der Waals surface area contributed by atoms with Crippen LogP contribution in [0.4, 0.5) is 4.39 Å². The van der Waals surface area contributed by atoms with Crippen molar-refractivity contribution in [2.24, 2.45) is 0 Å². The SMILES string of the molecule is O=S([O-])C(F)NCBr. The molecule has 0 bridgehead atoms. The predicted octanol–water partition coefficient (Wildman–Crippen LogP) is 0.0606. The van der Waals surface area contributed by atoms with Crippen LogP contribution in [0.25, 0.3) is 0 Å². The lowest BCUT2D eigenvalue weighted by Gasteiger charge is -2.09. The molecule has 0 spiro atoms. The molecule has 6 heteroatoms. The lowest BCUT2D eigenvalue weighted by molar-refractivity contribution is 0.363. The van der Waals surface area contributed by atoms with Crippen molar-refractivity contribution < 1.29 is 13.2 Å². The van der Waals surface area contributed by atoms with Crippen LogP contribution in [0.2, 0.25) is 0 Å². The zero-order valence-corrected chi connectivity index (χ0v) is 6.17. The lowest BCUT2D eigenvalue weighted by Crippen LogP contribution is -2.27. The Kier molecular flexibility index (Phi) is 4.63. The third kappa shape index (κ3) is 3.48. The van der Waals surface area contributed by atoms with Crippen molar-refractivity contribution in [3.63, 3.8) is 0 Å². The van der Waals surface area contributed by atoms with E-state index >= 15 is 0 Å². The molecule has 0 aliphatic carbocycles. The van der Waals surface area contributed by atoms with E-state index in [0.717, 1.165) is 0 Å². The molecule has 0 heterocycles. The summed E-state index contributed by atoms with van der Waals surface area (Å²) in [4.78, 5) is 0. The molecular weight excluding hydrogens is 201 g/mol. The van der Waals surface area contributed by atoms with Gasteiger partial charge < -0.3 is 4.55 Å². The fourth-order valence-electron chi connectivity index (χ4n) is 0.129. The average molecular weight is 205 g/mol. The highest BCUT2D eigenvalue weighted by atomic mass is 79.9. The molecule has 2 atom stereocenters. The van der Waals surface area contributed by atoms with Crippen molar-refractivity contribution in [2.75, 3.05) is 5.45 Å². The molecule has 0 aromatic rings. The Morgan fingerprint density at radius 1 is 2.00 bits per heavy atom. The second-order valence-corrected chi connectivity index (χ2v) is 2.41. The van der Waals surface area contributed by atoms with Crippen molar-refractivity contribution in [1.82, 2.24) is 5.32 Å². The number of hydrogen-bond acceptors (Lipinski definition) is 3. The Morgan fingerprint density at radius 3 is 2.62 bits per heavy atom. The maximum atomic E-state index is 11.8. The van der Waals surface area contributed by atoms with Gasteiger partial charge in [-0.15, -0.1) is 0 Å². The Balaban J connectivity index is 3.32. The van der Waals surface area contributed by atoms with Gasteiger partial charge in [-0.25, -0.2) is 4.39 Å². The van der Waals surface area contributed by atoms with Gasteiger partial charge in [0.05, 0.1) is 5.45 Å². The highest BCUT2D eigenvalue weighted by Gasteiger charge is 2.00. The number of hydrogen-bond donors (Lipinski definition) is 1. The summed E-state index contributed by atoms with van der Waals surface area (Å²) < 4.78 is 31.0. The van der Waals surface area contributed by atoms with Crippen LogP contribution >= 0.6 is 15.9 Å². The highest BCUT2D eigenvalue weighted by Crippen LogP contribution is 1.89. The largest absolute Gasteiger partial charge is 0.769 e. The topological polar surface area (TPSA) is 52.2 Å². The zero-order valence-electron chi connectivity index (χ0n) is 3.77. The number of rotatable bonds is 3. The van der Waals surface area contributed by atoms with Crippen molar-refractivity contribution in [1.29, 1.82) is 0 Å². The first-order valence-corrected chi connectivity index (χ1v) is 3.96. The van der Waals surface area contributed by atoms with Crippen LogP contribution in [0.5, 0.6) is 0 Å². The molecule has 0 amide bonds.